The van der Waals surface area contributed by atoms with Crippen LogP contribution in [-0.2, 0) is 0 Å². The van der Waals surface area contributed by atoms with Crippen LogP contribution < -0.4 is 12.4 Å². The molecule has 0 saturated heterocycles. The van der Waals surface area contributed by atoms with Crippen LogP contribution in [0.25, 0.3) is 0 Å². The third-order valence-corrected chi connectivity index (χ3v) is 1.41. The minimum atomic E-state index is 0. The average Bonchev–Trinajstić information content (AvgIpc) is 1.64. The van der Waals surface area contributed by atoms with Crippen LogP contribution in [0.3, 0.4) is 0 Å². The van der Waals surface area contributed by atoms with E-state index in [2.05, 4.69) is 0 Å². The lowest BCUT2D eigenvalue weighted by molar-refractivity contribution is -0.890. The Kier molecular flexibility index (Phi) is 7.58. The lowest BCUT2D eigenvalue weighted by Crippen LogP contribution is -3.00. The maximum absolute atomic E-state index is 8.53. The summed E-state index contributed by atoms with van der Waals surface area (Å²) in [5, 5.41) is 17.1. The summed E-state index contributed by atoms with van der Waals surface area (Å²) in [5.41, 5.74) is 0. The maximum Gasteiger partial charge on any atom is 0.102 e. The highest BCUT2D eigenvalue weighted by molar-refractivity contribution is 4.29. The molecule has 0 bridgehead atoms. The van der Waals surface area contributed by atoms with Crippen molar-refractivity contribution in [2.24, 2.45) is 0 Å². The SMILES string of the molecule is C[N+](C)(CCO)CCO.[Cl-]. The van der Waals surface area contributed by atoms with Crippen molar-refractivity contribution >= 4 is 0 Å². The van der Waals surface area contributed by atoms with Crippen LogP contribution in [0, 0.1) is 0 Å². The third kappa shape index (κ3) is 6.29. The van der Waals surface area contributed by atoms with Crippen LogP contribution in [-0.4, -0.2) is 55.1 Å². The molecule has 0 aromatic carbocycles. The number of rotatable bonds is 4. The fraction of sp³-hybridized carbons (Fsp3) is 1.00. The van der Waals surface area contributed by atoms with Gasteiger partial charge in [0, 0.05) is 0 Å². The van der Waals surface area contributed by atoms with E-state index in [0.29, 0.717) is 17.6 Å². The van der Waals surface area contributed by atoms with E-state index in [1.807, 2.05) is 14.1 Å². The minimum Gasteiger partial charge on any atom is -1.00 e. The molecule has 0 unspecified atom stereocenters. The maximum atomic E-state index is 8.53. The van der Waals surface area contributed by atoms with Gasteiger partial charge in [-0.1, -0.05) is 0 Å². The summed E-state index contributed by atoms with van der Waals surface area (Å²) >= 11 is 0. The van der Waals surface area contributed by atoms with Crippen LogP contribution in [0.15, 0.2) is 0 Å². The first kappa shape index (κ1) is 12.8. The highest BCUT2D eigenvalue weighted by Gasteiger charge is 2.11. The van der Waals surface area contributed by atoms with Gasteiger partial charge in [-0.25, -0.2) is 0 Å². The molecule has 4 heteroatoms. The van der Waals surface area contributed by atoms with Crippen LogP contribution in [0.1, 0.15) is 0 Å². The van der Waals surface area contributed by atoms with Gasteiger partial charge in [-0.2, -0.15) is 0 Å². The molecule has 0 radical (unpaired) electrons. The molecule has 0 atom stereocenters. The van der Waals surface area contributed by atoms with Gasteiger partial charge in [0.2, 0.25) is 0 Å². The van der Waals surface area contributed by atoms with Gasteiger partial charge < -0.3 is 27.1 Å². The van der Waals surface area contributed by atoms with E-state index < -0.39 is 0 Å². The summed E-state index contributed by atoms with van der Waals surface area (Å²) in [6.45, 7) is 1.79. The molecule has 2 N–H and O–H groups in total. The Labute approximate surface area is 68.3 Å². The van der Waals surface area contributed by atoms with Gasteiger partial charge in [-0.3, -0.25) is 0 Å². The second-order valence-electron chi connectivity index (χ2n) is 2.83. The van der Waals surface area contributed by atoms with Crippen molar-refractivity contribution in [3.63, 3.8) is 0 Å². The molecule has 0 saturated carbocycles. The summed E-state index contributed by atoms with van der Waals surface area (Å²) in [4.78, 5) is 0. The summed E-state index contributed by atoms with van der Waals surface area (Å²) in [6, 6.07) is 0. The van der Waals surface area contributed by atoms with Crippen LogP contribution in [0.2, 0.25) is 0 Å². The summed E-state index contributed by atoms with van der Waals surface area (Å²) in [5.74, 6) is 0. The Morgan fingerprint density at radius 2 is 1.30 bits per heavy atom. The van der Waals surface area contributed by atoms with Gasteiger partial charge in [-0.05, 0) is 0 Å². The smallest absolute Gasteiger partial charge is 0.102 e. The van der Waals surface area contributed by atoms with Crippen molar-refractivity contribution in [3.8, 4) is 0 Å². The molecule has 0 rings (SSSR count). The van der Waals surface area contributed by atoms with Crippen molar-refractivity contribution in [3.05, 3.63) is 0 Å². The highest BCUT2D eigenvalue weighted by Crippen LogP contribution is 1.92. The molecule has 0 aliphatic carbocycles. The predicted octanol–water partition coefficient (Wildman–Crippen LogP) is -3.95. The van der Waals surface area contributed by atoms with E-state index in [-0.39, 0.29) is 25.6 Å². The zero-order valence-corrected chi connectivity index (χ0v) is 7.30. The Balaban J connectivity index is 0. The number of hydrogen-bond donors (Lipinski definition) is 2. The first-order valence-electron chi connectivity index (χ1n) is 3.16. The van der Waals surface area contributed by atoms with Gasteiger partial charge in [0.15, 0.2) is 0 Å². The average molecular weight is 170 g/mol. The van der Waals surface area contributed by atoms with Crippen LogP contribution in [0.5, 0.6) is 0 Å². The molecule has 0 spiro atoms. The normalized spacial score (nSPS) is 10.8. The second-order valence-corrected chi connectivity index (χ2v) is 2.83. The first-order valence-corrected chi connectivity index (χ1v) is 3.16. The Morgan fingerprint density at radius 1 is 1.00 bits per heavy atom. The molecule has 0 aromatic heterocycles. The largest absolute Gasteiger partial charge is 1.00 e. The van der Waals surface area contributed by atoms with Gasteiger partial charge in [0.1, 0.15) is 13.1 Å². The van der Waals surface area contributed by atoms with Gasteiger partial charge in [0.05, 0.1) is 27.3 Å². The Morgan fingerprint density at radius 3 is 1.50 bits per heavy atom. The topological polar surface area (TPSA) is 40.5 Å². The fourth-order valence-corrected chi connectivity index (χ4v) is 0.653. The van der Waals surface area contributed by atoms with Crippen molar-refractivity contribution in [1.29, 1.82) is 0 Å². The number of halogens is 1. The van der Waals surface area contributed by atoms with E-state index in [1.54, 1.807) is 0 Å². The molecule has 0 aliphatic heterocycles. The number of hydrogen-bond acceptors (Lipinski definition) is 2. The molecule has 0 amide bonds. The lowest BCUT2D eigenvalue weighted by Gasteiger charge is -2.27. The molecule has 0 heterocycles. The molecular formula is C6H16ClNO2. The van der Waals surface area contributed by atoms with Crippen LogP contribution >= 0.6 is 0 Å². The van der Waals surface area contributed by atoms with Crippen molar-refractivity contribution in [1.82, 2.24) is 0 Å². The van der Waals surface area contributed by atoms with Gasteiger partial charge in [0.25, 0.3) is 0 Å². The molecular weight excluding hydrogens is 154 g/mol. The predicted molar refractivity (Wildman–Crippen MR) is 36.0 cm³/mol. The Bertz CT molecular complexity index is 70.1. The molecule has 3 nitrogen and oxygen atoms in total. The van der Waals surface area contributed by atoms with E-state index in [1.165, 1.54) is 0 Å². The fourth-order valence-electron chi connectivity index (χ4n) is 0.653. The van der Waals surface area contributed by atoms with E-state index in [4.69, 9.17) is 10.2 Å². The second kappa shape index (κ2) is 5.92. The van der Waals surface area contributed by atoms with Crippen molar-refractivity contribution < 1.29 is 27.1 Å². The van der Waals surface area contributed by atoms with Crippen molar-refractivity contribution in [2.75, 3.05) is 40.4 Å². The Hall–Kier alpha value is 0.170. The molecule has 10 heavy (non-hydrogen) atoms. The summed E-state index contributed by atoms with van der Waals surface area (Å²) < 4.78 is 0.688. The van der Waals surface area contributed by atoms with Crippen LogP contribution in [0.4, 0.5) is 0 Å². The highest BCUT2D eigenvalue weighted by atomic mass is 35.5. The molecule has 0 aromatic rings. The van der Waals surface area contributed by atoms with Gasteiger partial charge in [-0.15, -0.1) is 0 Å². The third-order valence-electron chi connectivity index (χ3n) is 1.41. The lowest BCUT2D eigenvalue weighted by atomic mass is 10.4. The van der Waals surface area contributed by atoms with E-state index in [0.717, 1.165) is 0 Å². The number of aliphatic hydroxyl groups excluding tert-OH is 2. The molecule has 0 fully saturated rings. The number of quaternary nitrogens is 1. The summed E-state index contributed by atoms with van der Waals surface area (Å²) in [7, 11) is 3.96. The number of likely N-dealkylation sites (N-methyl/N-ethyl adjacent to an activating group) is 1. The quantitative estimate of drug-likeness (QED) is 0.422. The molecule has 0 aliphatic rings. The van der Waals surface area contributed by atoms with E-state index in [9.17, 15) is 0 Å². The number of nitrogens with zero attached hydrogens (tertiary/aromatic N) is 1. The zero-order valence-electron chi connectivity index (χ0n) is 6.55. The summed E-state index contributed by atoms with van der Waals surface area (Å²) in [6.07, 6.45) is 0. The first-order chi connectivity index (χ1) is 4.12. The molecule has 64 valence electrons. The van der Waals surface area contributed by atoms with Gasteiger partial charge >= 0.3 is 0 Å². The number of aliphatic hydroxyl groups is 2. The van der Waals surface area contributed by atoms with E-state index >= 15 is 0 Å². The standard InChI is InChI=1S/C6H16NO2.ClH/c1-7(2,3-5-8)4-6-9;/h8-9H,3-6H2,1-2H3;1H/q+1;/p-1. The minimum absolute atomic E-state index is 0. The zero-order chi connectivity index (χ0) is 7.33. The monoisotopic (exact) mass is 169 g/mol. The van der Waals surface area contributed by atoms with Crippen molar-refractivity contribution in [2.45, 2.75) is 0 Å².